The Bertz CT molecular complexity index is 493. The Morgan fingerprint density at radius 1 is 1.48 bits per heavy atom. The molecule has 0 bridgehead atoms. The third-order valence-electron chi connectivity index (χ3n) is 3.43. The second kappa shape index (κ2) is 6.71. The SMILES string of the molecule is CC(CO)NC(=O)NC1CCN(c2c(F)cccc2F)C1. The molecule has 1 fully saturated rings. The number of benzene rings is 1. The van der Waals surface area contributed by atoms with Gasteiger partial charge in [-0.15, -0.1) is 0 Å². The number of halogens is 2. The van der Waals surface area contributed by atoms with Crippen molar-refractivity contribution in [1.82, 2.24) is 10.6 Å². The Morgan fingerprint density at radius 2 is 2.14 bits per heavy atom. The highest BCUT2D eigenvalue weighted by Gasteiger charge is 2.27. The van der Waals surface area contributed by atoms with E-state index in [1.54, 1.807) is 11.8 Å². The Kier molecular flexibility index (Phi) is 4.95. The fourth-order valence-electron chi connectivity index (χ4n) is 2.37. The Balaban J connectivity index is 1.93. The van der Waals surface area contributed by atoms with Gasteiger partial charge in [0.15, 0.2) is 0 Å². The van der Waals surface area contributed by atoms with Crippen LogP contribution in [0.25, 0.3) is 0 Å². The van der Waals surface area contributed by atoms with Crippen molar-refractivity contribution in [3.63, 3.8) is 0 Å². The summed E-state index contributed by atoms with van der Waals surface area (Å²) in [4.78, 5) is 13.2. The molecule has 1 aromatic rings. The van der Waals surface area contributed by atoms with Crippen molar-refractivity contribution in [3.05, 3.63) is 29.8 Å². The van der Waals surface area contributed by atoms with Gasteiger partial charge in [-0.2, -0.15) is 0 Å². The van der Waals surface area contributed by atoms with Crippen LogP contribution in [0.3, 0.4) is 0 Å². The molecule has 0 spiro atoms. The van der Waals surface area contributed by atoms with E-state index in [0.717, 1.165) is 0 Å². The number of para-hydroxylation sites is 1. The average molecular weight is 299 g/mol. The smallest absolute Gasteiger partial charge is 0.315 e. The first-order valence-electron chi connectivity index (χ1n) is 6.88. The quantitative estimate of drug-likeness (QED) is 0.783. The van der Waals surface area contributed by atoms with Crippen LogP contribution in [0.5, 0.6) is 0 Å². The van der Waals surface area contributed by atoms with Gasteiger partial charge in [0, 0.05) is 19.1 Å². The number of nitrogens with one attached hydrogen (secondary N) is 2. The van der Waals surface area contributed by atoms with Crippen molar-refractivity contribution in [2.45, 2.75) is 25.4 Å². The van der Waals surface area contributed by atoms with Gasteiger partial charge in [0.05, 0.1) is 12.6 Å². The molecule has 1 aliphatic heterocycles. The lowest BCUT2D eigenvalue weighted by atomic mass is 10.2. The monoisotopic (exact) mass is 299 g/mol. The van der Waals surface area contributed by atoms with Crippen molar-refractivity contribution in [3.8, 4) is 0 Å². The van der Waals surface area contributed by atoms with Gasteiger partial charge in [0.1, 0.15) is 17.3 Å². The lowest BCUT2D eigenvalue weighted by molar-refractivity contribution is 0.218. The maximum absolute atomic E-state index is 13.7. The molecule has 2 atom stereocenters. The highest BCUT2D eigenvalue weighted by atomic mass is 19.1. The third kappa shape index (κ3) is 3.81. The summed E-state index contributed by atoms with van der Waals surface area (Å²) in [6.07, 6.45) is 0.606. The van der Waals surface area contributed by atoms with Crippen molar-refractivity contribution < 1.29 is 18.7 Å². The molecule has 2 rings (SSSR count). The molecule has 116 valence electrons. The fourth-order valence-corrected chi connectivity index (χ4v) is 2.37. The number of hydrogen-bond donors (Lipinski definition) is 3. The van der Waals surface area contributed by atoms with Crippen molar-refractivity contribution >= 4 is 11.7 Å². The molecule has 0 aromatic heterocycles. The zero-order valence-electron chi connectivity index (χ0n) is 11.8. The molecule has 1 aliphatic rings. The van der Waals surface area contributed by atoms with E-state index in [9.17, 15) is 13.6 Å². The molecule has 0 radical (unpaired) electrons. The maximum Gasteiger partial charge on any atom is 0.315 e. The summed E-state index contributed by atoms with van der Waals surface area (Å²) in [7, 11) is 0. The van der Waals surface area contributed by atoms with E-state index >= 15 is 0 Å². The molecular weight excluding hydrogens is 280 g/mol. The molecule has 5 nitrogen and oxygen atoms in total. The molecule has 1 heterocycles. The zero-order chi connectivity index (χ0) is 15.4. The largest absolute Gasteiger partial charge is 0.394 e. The number of urea groups is 1. The van der Waals surface area contributed by atoms with Crippen molar-refractivity contribution in [2.24, 2.45) is 0 Å². The Labute approximate surface area is 121 Å². The molecule has 1 saturated heterocycles. The predicted octanol–water partition coefficient (Wildman–Crippen LogP) is 1.22. The molecule has 3 N–H and O–H groups in total. The highest BCUT2D eigenvalue weighted by Crippen LogP contribution is 2.26. The van der Waals surface area contributed by atoms with Crippen LogP contribution in [-0.4, -0.2) is 42.9 Å². The first kappa shape index (κ1) is 15.5. The second-order valence-corrected chi connectivity index (χ2v) is 5.20. The summed E-state index contributed by atoms with van der Waals surface area (Å²) in [6.45, 7) is 2.34. The number of aliphatic hydroxyl groups excluding tert-OH is 1. The number of aliphatic hydroxyl groups is 1. The maximum atomic E-state index is 13.7. The highest BCUT2D eigenvalue weighted by molar-refractivity contribution is 5.74. The van der Waals surface area contributed by atoms with Crippen LogP contribution in [0, 0.1) is 11.6 Å². The summed E-state index contributed by atoms with van der Waals surface area (Å²) < 4.78 is 27.4. The van der Waals surface area contributed by atoms with Crippen LogP contribution in [-0.2, 0) is 0 Å². The Hall–Kier alpha value is -1.89. The zero-order valence-corrected chi connectivity index (χ0v) is 11.8. The van der Waals surface area contributed by atoms with Gasteiger partial charge in [-0.1, -0.05) is 6.07 Å². The van der Waals surface area contributed by atoms with E-state index < -0.39 is 17.7 Å². The minimum Gasteiger partial charge on any atom is -0.394 e. The molecule has 2 unspecified atom stereocenters. The van der Waals surface area contributed by atoms with Crippen molar-refractivity contribution in [2.75, 3.05) is 24.6 Å². The molecule has 7 heteroatoms. The molecule has 2 amide bonds. The second-order valence-electron chi connectivity index (χ2n) is 5.20. The predicted molar refractivity (Wildman–Crippen MR) is 75.2 cm³/mol. The Morgan fingerprint density at radius 3 is 2.76 bits per heavy atom. The summed E-state index contributed by atoms with van der Waals surface area (Å²) in [5.74, 6) is -1.21. The first-order chi connectivity index (χ1) is 10.0. The minimum absolute atomic E-state index is 0.0501. The third-order valence-corrected chi connectivity index (χ3v) is 3.43. The van der Waals surface area contributed by atoms with Gasteiger partial charge >= 0.3 is 6.03 Å². The number of amides is 2. The van der Waals surface area contributed by atoms with Gasteiger partial charge in [0.25, 0.3) is 0 Å². The molecule has 1 aromatic carbocycles. The van der Waals surface area contributed by atoms with E-state index in [1.807, 2.05) is 0 Å². The number of carbonyl (C=O) groups is 1. The van der Waals surface area contributed by atoms with Crippen LogP contribution in [0.2, 0.25) is 0 Å². The van der Waals surface area contributed by atoms with E-state index in [4.69, 9.17) is 5.11 Å². The molecule has 21 heavy (non-hydrogen) atoms. The van der Waals surface area contributed by atoms with Gasteiger partial charge in [-0.05, 0) is 25.5 Å². The van der Waals surface area contributed by atoms with Gasteiger partial charge in [-0.25, -0.2) is 13.6 Å². The van der Waals surface area contributed by atoms with Gasteiger partial charge in [-0.3, -0.25) is 0 Å². The topological polar surface area (TPSA) is 64.6 Å². The van der Waals surface area contributed by atoms with E-state index in [0.29, 0.717) is 19.5 Å². The summed E-state index contributed by atoms with van der Waals surface area (Å²) in [5.41, 5.74) is -0.0501. The number of carbonyl (C=O) groups excluding carboxylic acids is 1. The van der Waals surface area contributed by atoms with Gasteiger partial charge in [0.2, 0.25) is 0 Å². The molecular formula is C14H19F2N3O2. The number of nitrogens with zero attached hydrogens (tertiary/aromatic N) is 1. The average Bonchev–Trinajstić information content (AvgIpc) is 2.86. The van der Waals surface area contributed by atoms with Crippen LogP contribution < -0.4 is 15.5 Å². The summed E-state index contributed by atoms with van der Waals surface area (Å²) in [5, 5.41) is 14.2. The van der Waals surface area contributed by atoms with E-state index in [2.05, 4.69) is 10.6 Å². The normalized spacial score (nSPS) is 19.4. The minimum atomic E-state index is -0.603. The standard InChI is InChI=1S/C14H19F2N3O2/c1-9(8-20)17-14(21)18-10-5-6-19(7-10)13-11(15)3-2-4-12(13)16/h2-4,9-10,20H,5-8H2,1H3,(H2,17,18,21). The van der Waals surface area contributed by atoms with Crippen molar-refractivity contribution in [1.29, 1.82) is 0 Å². The van der Waals surface area contributed by atoms with Crippen LogP contribution in [0.15, 0.2) is 18.2 Å². The number of rotatable bonds is 4. The fraction of sp³-hybridized carbons (Fsp3) is 0.500. The van der Waals surface area contributed by atoms with Gasteiger partial charge < -0.3 is 20.6 Å². The van der Waals surface area contributed by atoms with Crippen LogP contribution >= 0.6 is 0 Å². The summed E-state index contributed by atoms with van der Waals surface area (Å²) >= 11 is 0. The molecule has 0 aliphatic carbocycles. The first-order valence-corrected chi connectivity index (χ1v) is 6.88. The number of anilines is 1. The van der Waals surface area contributed by atoms with E-state index in [1.165, 1.54) is 18.2 Å². The van der Waals surface area contributed by atoms with Crippen LogP contribution in [0.4, 0.5) is 19.3 Å². The summed E-state index contributed by atoms with van der Waals surface area (Å²) in [6, 6.07) is 2.84. The molecule has 0 saturated carbocycles. The lowest BCUT2D eigenvalue weighted by Crippen LogP contribution is -2.47. The van der Waals surface area contributed by atoms with Crippen LogP contribution in [0.1, 0.15) is 13.3 Å². The lowest BCUT2D eigenvalue weighted by Gasteiger charge is -2.20. The number of hydrogen-bond acceptors (Lipinski definition) is 3. The van der Waals surface area contributed by atoms with E-state index in [-0.39, 0.29) is 24.4 Å².